The van der Waals surface area contributed by atoms with E-state index in [0.717, 1.165) is 0 Å². The van der Waals surface area contributed by atoms with Gasteiger partial charge in [0, 0.05) is 0 Å². The molecule has 13 nitrogen and oxygen atoms in total. The Hall–Kier alpha value is -2.95. The number of hydrogen-bond donors (Lipinski definition) is 3. The summed E-state index contributed by atoms with van der Waals surface area (Å²) in [6.07, 6.45) is 0. The van der Waals surface area contributed by atoms with Gasteiger partial charge in [-0.2, -0.15) is 4.57 Å². The first-order chi connectivity index (χ1) is 8.98. The lowest BCUT2D eigenvalue weighted by Gasteiger charge is -2.12. The van der Waals surface area contributed by atoms with Crippen LogP contribution in [0, 0.1) is 0 Å². The van der Waals surface area contributed by atoms with Crippen LogP contribution < -0.4 is 0 Å². The number of aliphatic carboxylic acids is 3. The van der Waals surface area contributed by atoms with Crippen molar-refractivity contribution in [2.45, 2.75) is 0 Å². The SMILES string of the molecule is O=C(O)C(=O)OP(=O)(OC(=O)C(=O)O)OC(=O)C(=O)O.[H+]. The quantitative estimate of drug-likeness (QED) is 0.384. The van der Waals surface area contributed by atoms with Crippen LogP contribution in [-0.2, 0) is 46.9 Å². The topological polar surface area (TPSA) is 208 Å². The maximum Gasteiger partial charge on any atom is 1.00 e. The molecule has 110 valence electrons. The molecule has 0 aliphatic rings. The first-order valence-corrected chi connectivity index (χ1v) is 5.45. The van der Waals surface area contributed by atoms with Gasteiger partial charge < -0.3 is 28.9 Å². The molecule has 0 aliphatic heterocycles. The number of rotatable bonds is 3. The lowest BCUT2D eigenvalue weighted by atomic mass is 10.7. The first-order valence-electron chi connectivity index (χ1n) is 3.99. The lowest BCUT2D eigenvalue weighted by molar-refractivity contribution is -0.166. The van der Waals surface area contributed by atoms with E-state index in [2.05, 4.69) is 13.6 Å². The molecule has 0 spiro atoms. The second-order valence-electron chi connectivity index (χ2n) is 2.50. The Kier molecular flexibility index (Phi) is 5.36. The van der Waals surface area contributed by atoms with Crippen molar-refractivity contribution in [1.29, 1.82) is 0 Å². The minimum atomic E-state index is -5.74. The molecule has 0 rings (SSSR count). The zero-order chi connectivity index (χ0) is 16.1. The molecular weight excluding hydrogens is 311 g/mol. The Morgan fingerprint density at radius 3 is 1.00 bits per heavy atom. The summed E-state index contributed by atoms with van der Waals surface area (Å²) in [7, 11) is -5.74. The summed E-state index contributed by atoms with van der Waals surface area (Å²) < 4.78 is 21.8. The highest BCUT2D eigenvalue weighted by Gasteiger charge is 2.44. The van der Waals surface area contributed by atoms with Crippen molar-refractivity contribution in [2.24, 2.45) is 0 Å². The largest absolute Gasteiger partial charge is 1.00 e. The standard InChI is InChI=1S/C6H3O13P/c7-1(8)4(13)17-20(16,18-5(14)2(9)10)19-6(15)3(11)12/h(H,7,8)(H,9,10)(H,11,12)/p+1. The fourth-order valence-electron chi connectivity index (χ4n) is 0.478. The molecule has 0 heterocycles. The van der Waals surface area contributed by atoms with E-state index in [-0.39, 0.29) is 1.43 Å². The minimum absolute atomic E-state index is 0. The highest BCUT2D eigenvalue weighted by molar-refractivity contribution is 7.50. The van der Waals surface area contributed by atoms with Crippen molar-refractivity contribution in [3.05, 3.63) is 0 Å². The van der Waals surface area contributed by atoms with Gasteiger partial charge in [-0.15, -0.1) is 0 Å². The molecule has 0 fully saturated rings. The number of phosphoric acid groups is 1. The van der Waals surface area contributed by atoms with Gasteiger partial charge in [-0.1, -0.05) is 0 Å². The number of carbonyl (C=O) groups excluding carboxylic acids is 3. The van der Waals surface area contributed by atoms with E-state index < -0.39 is 43.6 Å². The smallest absolute Gasteiger partial charge is 0.473 e. The van der Waals surface area contributed by atoms with E-state index in [4.69, 9.17) is 15.3 Å². The van der Waals surface area contributed by atoms with Crippen molar-refractivity contribution in [3.63, 3.8) is 0 Å². The van der Waals surface area contributed by atoms with Gasteiger partial charge in [-0.05, 0) is 0 Å². The van der Waals surface area contributed by atoms with E-state index >= 15 is 0 Å². The van der Waals surface area contributed by atoms with E-state index in [1.54, 1.807) is 0 Å². The van der Waals surface area contributed by atoms with Gasteiger partial charge in [0.05, 0.1) is 0 Å². The molecule has 0 amide bonds. The van der Waals surface area contributed by atoms with Gasteiger partial charge in [0.1, 0.15) is 0 Å². The van der Waals surface area contributed by atoms with E-state index in [9.17, 15) is 33.3 Å². The number of phosphoric ester groups is 1. The Morgan fingerprint density at radius 1 is 0.650 bits per heavy atom. The maximum atomic E-state index is 11.4. The molecule has 0 saturated heterocycles. The fourth-order valence-corrected chi connectivity index (χ4v) is 1.43. The fraction of sp³-hybridized carbons (Fsp3) is 0. The van der Waals surface area contributed by atoms with Crippen molar-refractivity contribution in [2.75, 3.05) is 0 Å². The summed E-state index contributed by atoms with van der Waals surface area (Å²) in [5.74, 6) is -14.2. The number of carbonyl (C=O) groups is 6. The van der Waals surface area contributed by atoms with Crippen LogP contribution >= 0.6 is 7.82 Å². The highest BCUT2D eigenvalue weighted by Crippen LogP contribution is 2.49. The molecule has 0 aromatic carbocycles. The Balaban J connectivity index is 0. The zero-order valence-corrected chi connectivity index (χ0v) is 9.77. The third-order valence-electron chi connectivity index (χ3n) is 1.11. The molecule has 0 aromatic rings. The van der Waals surface area contributed by atoms with Crippen LogP contribution in [0.2, 0.25) is 0 Å². The summed E-state index contributed by atoms with van der Waals surface area (Å²) in [5, 5.41) is 24.4. The Morgan fingerprint density at radius 2 is 0.850 bits per heavy atom. The molecule has 3 N–H and O–H groups in total. The van der Waals surface area contributed by atoms with Gasteiger partial charge in [-0.25, -0.2) is 28.8 Å². The van der Waals surface area contributed by atoms with E-state index in [0.29, 0.717) is 0 Å². The van der Waals surface area contributed by atoms with Gasteiger partial charge in [0.25, 0.3) is 0 Å². The Bertz CT molecular complexity index is 473. The summed E-state index contributed by atoms with van der Waals surface area (Å²) in [6, 6.07) is 0. The number of hydrogen-bond acceptors (Lipinski definition) is 10. The average molecular weight is 315 g/mol. The summed E-state index contributed by atoms with van der Waals surface area (Å²) in [4.78, 5) is 62.1. The first kappa shape index (κ1) is 17.1. The van der Waals surface area contributed by atoms with Crippen LogP contribution in [0.3, 0.4) is 0 Å². The predicted octanol–water partition coefficient (Wildman–Crippen LogP) is -1.91. The van der Waals surface area contributed by atoms with Gasteiger partial charge in [0.2, 0.25) is 0 Å². The van der Waals surface area contributed by atoms with Crippen molar-refractivity contribution < 1.29 is 63.6 Å². The summed E-state index contributed by atoms with van der Waals surface area (Å²) in [5.41, 5.74) is 0. The molecule has 0 aliphatic carbocycles. The monoisotopic (exact) mass is 315 g/mol. The molecule has 20 heavy (non-hydrogen) atoms. The van der Waals surface area contributed by atoms with Crippen molar-refractivity contribution in [1.82, 2.24) is 0 Å². The van der Waals surface area contributed by atoms with Crippen LogP contribution in [0.25, 0.3) is 0 Å². The number of carboxylic acids is 3. The summed E-state index contributed by atoms with van der Waals surface area (Å²) >= 11 is 0. The minimum Gasteiger partial charge on any atom is -0.473 e. The van der Waals surface area contributed by atoms with Crippen molar-refractivity contribution in [3.8, 4) is 0 Å². The molecule has 0 unspecified atom stereocenters. The third-order valence-corrected chi connectivity index (χ3v) is 2.28. The number of carboxylic acid groups (broad SMARTS) is 3. The van der Waals surface area contributed by atoms with Crippen molar-refractivity contribution >= 4 is 43.6 Å². The molecular formula is C6H4O13P+. The predicted molar refractivity (Wildman–Crippen MR) is 49.9 cm³/mol. The van der Waals surface area contributed by atoms with E-state index in [1.165, 1.54) is 0 Å². The normalized spacial score (nSPS) is 10.0. The highest BCUT2D eigenvalue weighted by atomic mass is 31.2. The second kappa shape index (κ2) is 6.29. The average Bonchev–Trinajstić information content (AvgIpc) is 2.27. The second-order valence-corrected chi connectivity index (χ2v) is 3.94. The van der Waals surface area contributed by atoms with Crippen LogP contribution in [0.5, 0.6) is 0 Å². The Labute approximate surface area is 108 Å². The van der Waals surface area contributed by atoms with Gasteiger partial charge >= 0.3 is 45.1 Å². The van der Waals surface area contributed by atoms with Crippen LogP contribution in [0.1, 0.15) is 1.43 Å². The van der Waals surface area contributed by atoms with Crippen LogP contribution in [0.15, 0.2) is 0 Å². The molecule has 14 heteroatoms. The molecule has 0 bridgehead atoms. The molecule has 0 aromatic heterocycles. The van der Waals surface area contributed by atoms with E-state index in [1.807, 2.05) is 0 Å². The zero-order valence-electron chi connectivity index (χ0n) is 9.87. The van der Waals surface area contributed by atoms with Gasteiger partial charge in [0.15, 0.2) is 0 Å². The van der Waals surface area contributed by atoms with Crippen LogP contribution in [-0.4, -0.2) is 51.1 Å². The molecule has 0 radical (unpaired) electrons. The van der Waals surface area contributed by atoms with Crippen LogP contribution in [0.4, 0.5) is 0 Å². The summed E-state index contributed by atoms with van der Waals surface area (Å²) in [6.45, 7) is 0. The maximum absolute atomic E-state index is 11.4. The third kappa shape index (κ3) is 5.14. The lowest BCUT2D eigenvalue weighted by Crippen LogP contribution is -2.24. The van der Waals surface area contributed by atoms with Gasteiger partial charge in [-0.3, -0.25) is 0 Å². The molecule has 0 atom stereocenters. The molecule has 0 saturated carbocycles.